The molecule has 3 aromatic rings. The molecule has 3 aromatic carbocycles. The predicted molar refractivity (Wildman–Crippen MR) is 160 cm³/mol. The van der Waals surface area contributed by atoms with Crippen LogP contribution in [0.15, 0.2) is 91.0 Å². The third-order valence-electron chi connectivity index (χ3n) is 7.28. The lowest BCUT2D eigenvalue weighted by Gasteiger charge is -2.44. The molecule has 6 heteroatoms. The highest BCUT2D eigenvalue weighted by atomic mass is 28.4. The first-order chi connectivity index (χ1) is 18.7. The van der Waals surface area contributed by atoms with Crippen LogP contribution in [0, 0.1) is 0 Å². The highest BCUT2D eigenvalue weighted by Gasteiger charge is 2.50. The summed E-state index contributed by atoms with van der Waals surface area (Å²) in [7, 11) is -2.59. The van der Waals surface area contributed by atoms with E-state index in [1.54, 1.807) is 24.3 Å². The van der Waals surface area contributed by atoms with Gasteiger partial charge in [0.25, 0.3) is 8.32 Å². The molecule has 0 aliphatic heterocycles. The average Bonchev–Trinajstić information content (AvgIpc) is 2.95. The van der Waals surface area contributed by atoms with E-state index in [9.17, 15) is 15.0 Å². The Morgan fingerprint density at radius 2 is 1.28 bits per heavy atom. The molecule has 0 radical (unpaired) electrons. The summed E-state index contributed by atoms with van der Waals surface area (Å²) in [5, 5.41) is 22.2. The third kappa shape index (κ3) is 8.12. The number of hydrogen-bond acceptors (Lipinski definition) is 5. The molecule has 5 nitrogen and oxygen atoms in total. The minimum atomic E-state index is -2.59. The van der Waals surface area contributed by atoms with Gasteiger partial charge in [-0.05, 0) is 53.7 Å². The molecule has 0 amide bonds. The van der Waals surface area contributed by atoms with Crippen LogP contribution in [0.4, 0.5) is 0 Å². The highest BCUT2D eigenvalue weighted by molar-refractivity contribution is 6.99. The topological polar surface area (TPSA) is 76.0 Å². The van der Waals surface area contributed by atoms with E-state index < -0.39 is 33.1 Å². The molecular weight excluding hydrogens is 504 g/mol. The number of benzene rings is 3. The van der Waals surface area contributed by atoms with Crippen LogP contribution in [0.2, 0.25) is 5.04 Å². The lowest BCUT2D eigenvalue weighted by molar-refractivity contribution is -0.0407. The van der Waals surface area contributed by atoms with E-state index in [1.807, 2.05) is 6.07 Å². The second-order valence-corrected chi connectivity index (χ2v) is 15.5. The third-order valence-corrected chi connectivity index (χ3v) is 12.4. The smallest absolute Gasteiger partial charge is 0.338 e. The summed E-state index contributed by atoms with van der Waals surface area (Å²) in [5.74, 6) is -0.486. The number of rotatable bonds is 14. The van der Waals surface area contributed by atoms with Crippen LogP contribution in [0.1, 0.15) is 70.2 Å². The van der Waals surface area contributed by atoms with Crippen LogP contribution in [-0.2, 0) is 9.16 Å². The Hall–Kier alpha value is -2.77. The minimum Gasteiger partial charge on any atom is -0.456 e. The number of unbranched alkanes of at least 4 members (excludes halogenated alkanes) is 2. The van der Waals surface area contributed by atoms with Gasteiger partial charge in [-0.2, -0.15) is 0 Å². The zero-order valence-corrected chi connectivity index (χ0v) is 24.8. The van der Waals surface area contributed by atoms with Crippen LogP contribution >= 0.6 is 0 Å². The maximum atomic E-state index is 12.5. The summed E-state index contributed by atoms with van der Waals surface area (Å²) in [6.07, 6.45) is 2.25. The molecule has 0 saturated carbocycles. The molecule has 2 N–H and O–H groups in total. The Balaban J connectivity index is 1.61. The number of carbonyl (C=O) groups excluding carboxylic acids is 1. The zero-order chi connectivity index (χ0) is 28.3. The molecule has 0 fully saturated rings. The molecule has 0 heterocycles. The van der Waals surface area contributed by atoms with Gasteiger partial charge in [-0.25, -0.2) is 4.79 Å². The van der Waals surface area contributed by atoms with Gasteiger partial charge in [0.1, 0.15) is 12.2 Å². The van der Waals surface area contributed by atoms with E-state index in [0.29, 0.717) is 12.0 Å². The summed E-state index contributed by atoms with van der Waals surface area (Å²) in [5.41, 5.74) is 0.432. The monoisotopic (exact) mass is 548 g/mol. The molecule has 0 spiro atoms. The van der Waals surface area contributed by atoms with E-state index >= 15 is 0 Å². The van der Waals surface area contributed by atoms with Crippen molar-refractivity contribution in [3.63, 3.8) is 0 Å². The fraction of sp³-hybridized carbons (Fsp3) is 0.424. The Kier molecular flexibility index (Phi) is 11.5. The Labute approximate surface area is 235 Å². The molecule has 0 aliphatic carbocycles. The maximum absolute atomic E-state index is 12.5. The van der Waals surface area contributed by atoms with Crippen LogP contribution in [0.5, 0.6) is 0 Å². The summed E-state index contributed by atoms with van der Waals surface area (Å²) in [6.45, 7) is 8.58. The maximum Gasteiger partial charge on any atom is 0.338 e. The molecule has 0 aliphatic rings. The molecule has 0 bridgehead atoms. The Bertz CT molecular complexity index is 1080. The second-order valence-electron chi connectivity index (χ2n) is 11.3. The number of ether oxygens (including phenoxy) is 1. The van der Waals surface area contributed by atoms with Crippen LogP contribution in [-0.4, -0.2) is 49.4 Å². The van der Waals surface area contributed by atoms with Gasteiger partial charge >= 0.3 is 5.97 Å². The fourth-order valence-corrected chi connectivity index (χ4v) is 9.97. The normalized spacial score (nSPS) is 14.4. The molecule has 210 valence electrons. The zero-order valence-electron chi connectivity index (χ0n) is 23.8. The van der Waals surface area contributed by atoms with E-state index in [-0.39, 0.29) is 11.1 Å². The Morgan fingerprint density at radius 1 is 0.795 bits per heavy atom. The second kappa shape index (κ2) is 14.6. The largest absolute Gasteiger partial charge is 0.456 e. The lowest BCUT2D eigenvalue weighted by Crippen LogP contribution is -2.67. The number of aliphatic hydroxyl groups excluding tert-OH is 2. The number of carbonyl (C=O) groups is 1. The lowest BCUT2D eigenvalue weighted by atomic mass is 10.0. The number of hydrogen-bond donors (Lipinski definition) is 2. The van der Waals surface area contributed by atoms with Gasteiger partial charge in [-0.15, -0.1) is 0 Å². The molecule has 0 unspecified atom stereocenters. The highest BCUT2D eigenvalue weighted by Crippen LogP contribution is 2.38. The van der Waals surface area contributed by atoms with Gasteiger partial charge in [0.2, 0.25) is 0 Å². The minimum absolute atomic E-state index is 0.0611. The van der Waals surface area contributed by atoms with Crippen molar-refractivity contribution in [1.29, 1.82) is 0 Å². The van der Waals surface area contributed by atoms with Gasteiger partial charge in [-0.1, -0.05) is 112 Å². The first kappa shape index (κ1) is 30.8. The van der Waals surface area contributed by atoms with Crippen molar-refractivity contribution in [2.24, 2.45) is 0 Å². The molecular formula is C33H44O5Si. The van der Waals surface area contributed by atoms with Crippen molar-refractivity contribution in [2.75, 3.05) is 6.61 Å². The first-order valence-corrected chi connectivity index (χ1v) is 15.9. The predicted octanol–water partition coefficient (Wildman–Crippen LogP) is 5.48. The summed E-state index contributed by atoms with van der Waals surface area (Å²) < 4.78 is 12.7. The first-order valence-electron chi connectivity index (χ1n) is 14.0. The molecule has 39 heavy (non-hydrogen) atoms. The number of aliphatic hydroxyl groups is 2. The van der Waals surface area contributed by atoms with Crippen LogP contribution in [0.3, 0.4) is 0 Å². The van der Waals surface area contributed by atoms with E-state index in [1.165, 1.54) is 10.4 Å². The summed E-state index contributed by atoms with van der Waals surface area (Å²) >= 11 is 0. The van der Waals surface area contributed by atoms with Gasteiger partial charge in [0.05, 0.1) is 12.2 Å². The SMILES string of the molecule is C[C@H](CCCCC[C@H](OC(=O)c1ccccc1)[C@H](O)CO)O[Si](c1ccccc1)(c1ccccc1)C(C)(C)C. The molecule has 3 rings (SSSR count). The van der Waals surface area contributed by atoms with Gasteiger partial charge in [0, 0.05) is 6.10 Å². The van der Waals surface area contributed by atoms with Crippen LogP contribution < -0.4 is 10.4 Å². The molecule has 0 saturated heterocycles. The summed E-state index contributed by atoms with van der Waals surface area (Å²) in [6, 6.07) is 30.1. The van der Waals surface area contributed by atoms with Crippen molar-refractivity contribution in [3.05, 3.63) is 96.6 Å². The van der Waals surface area contributed by atoms with E-state index in [0.717, 1.165) is 25.7 Å². The average molecular weight is 549 g/mol. The van der Waals surface area contributed by atoms with Crippen molar-refractivity contribution < 1.29 is 24.2 Å². The van der Waals surface area contributed by atoms with Gasteiger partial charge in [-0.3, -0.25) is 0 Å². The fourth-order valence-electron chi connectivity index (χ4n) is 5.23. The van der Waals surface area contributed by atoms with Crippen molar-refractivity contribution in [2.45, 2.75) is 83.1 Å². The standard InChI is InChI=1S/C33H44O5Si/c1-26(17-9-5-16-24-31(30(35)25-34)37-32(36)27-18-10-6-11-19-27)38-39(33(2,3)4,28-20-12-7-13-21-28)29-22-14-8-15-23-29/h6-8,10-15,18-23,26,30-31,34-35H,5,9,16-17,24-25H2,1-4H3/t26-,30-,31+/m1/s1. The van der Waals surface area contributed by atoms with Crippen molar-refractivity contribution in [3.8, 4) is 0 Å². The van der Waals surface area contributed by atoms with E-state index in [2.05, 4.69) is 88.4 Å². The van der Waals surface area contributed by atoms with E-state index in [4.69, 9.17) is 9.16 Å². The molecule has 3 atom stereocenters. The Morgan fingerprint density at radius 3 is 1.77 bits per heavy atom. The molecule has 0 aromatic heterocycles. The van der Waals surface area contributed by atoms with Crippen molar-refractivity contribution in [1.82, 2.24) is 0 Å². The van der Waals surface area contributed by atoms with Crippen molar-refractivity contribution >= 4 is 24.7 Å². The van der Waals surface area contributed by atoms with Gasteiger partial charge < -0.3 is 19.4 Å². The summed E-state index contributed by atoms with van der Waals surface area (Å²) in [4.78, 5) is 12.5. The van der Waals surface area contributed by atoms with Gasteiger partial charge in [0.15, 0.2) is 0 Å². The van der Waals surface area contributed by atoms with Crippen LogP contribution in [0.25, 0.3) is 0 Å². The quantitative estimate of drug-likeness (QED) is 0.159. The number of esters is 1.